The Kier molecular flexibility index (Phi) is 7.83. The molecular formula is C23H32O8. The minimum atomic E-state index is -1.82. The Morgan fingerprint density at radius 2 is 1.97 bits per heavy atom. The van der Waals surface area contributed by atoms with Crippen LogP contribution in [0.25, 0.3) is 0 Å². The molecule has 4 atom stereocenters. The van der Waals surface area contributed by atoms with Crippen LogP contribution in [-0.2, 0) is 28.6 Å². The Morgan fingerprint density at radius 1 is 1.32 bits per heavy atom. The summed E-state index contributed by atoms with van der Waals surface area (Å²) in [5, 5.41) is 20.1. The third kappa shape index (κ3) is 5.83. The summed E-state index contributed by atoms with van der Waals surface area (Å²) in [6, 6.07) is 0. The number of esters is 3. The molecule has 172 valence electrons. The summed E-state index contributed by atoms with van der Waals surface area (Å²) in [6.45, 7) is 11.1. The smallest absolute Gasteiger partial charge is 0.338 e. The molecule has 0 amide bonds. The molecule has 0 radical (unpaired) electrons. The van der Waals surface area contributed by atoms with Crippen LogP contribution in [-0.4, -0.2) is 58.6 Å². The van der Waals surface area contributed by atoms with Gasteiger partial charge in [-0.25, -0.2) is 9.59 Å². The van der Waals surface area contributed by atoms with Crippen LogP contribution in [0, 0.1) is 11.8 Å². The van der Waals surface area contributed by atoms with E-state index < -0.39 is 60.3 Å². The zero-order chi connectivity index (χ0) is 23.5. The van der Waals surface area contributed by atoms with Crippen molar-refractivity contribution in [2.24, 2.45) is 11.8 Å². The summed E-state index contributed by atoms with van der Waals surface area (Å²) in [5.41, 5.74) is -0.485. The van der Waals surface area contributed by atoms with Gasteiger partial charge in [0.1, 0.15) is 6.10 Å². The van der Waals surface area contributed by atoms with Crippen LogP contribution in [0.15, 0.2) is 35.5 Å². The fourth-order valence-electron chi connectivity index (χ4n) is 3.46. The van der Waals surface area contributed by atoms with Crippen molar-refractivity contribution < 1.29 is 38.8 Å². The van der Waals surface area contributed by atoms with E-state index in [0.29, 0.717) is 18.4 Å². The van der Waals surface area contributed by atoms with Crippen LogP contribution in [0.4, 0.5) is 0 Å². The summed E-state index contributed by atoms with van der Waals surface area (Å²) < 4.78 is 16.8. The topological polar surface area (TPSA) is 119 Å². The van der Waals surface area contributed by atoms with Gasteiger partial charge in [-0.15, -0.1) is 0 Å². The number of aliphatic hydroxyl groups is 2. The van der Waals surface area contributed by atoms with Crippen molar-refractivity contribution in [1.82, 2.24) is 0 Å². The first-order chi connectivity index (χ1) is 14.4. The van der Waals surface area contributed by atoms with Gasteiger partial charge in [-0.2, -0.15) is 0 Å². The second-order valence-corrected chi connectivity index (χ2v) is 8.85. The molecule has 0 aromatic heterocycles. The minimum absolute atomic E-state index is 0.0813. The first kappa shape index (κ1) is 24.8. The Bertz CT molecular complexity index is 799. The predicted molar refractivity (Wildman–Crippen MR) is 112 cm³/mol. The van der Waals surface area contributed by atoms with E-state index in [4.69, 9.17) is 14.2 Å². The number of allylic oxidation sites excluding steroid dienone is 2. The van der Waals surface area contributed by atoms with Crippen LogP contribution in [0.1, 0.15) is 47.5 Å². The monoisotopic (exact) mass is 436 g/mol. The molecule has 1 fully saturated rings. The number of hydrogen-bond donors (Lipinski definition) is 2. The first-order valence-corrected chi connectivity index (χ1v) is 10.4. The molecule has 0 aromatic carbocycles. The molecule has 0 spiro atoms. The molecule has 1 saturated heterocycles. The van der Waals surface area contributed by atoms with Gasteiger partial charge in [-0.05, 0) is 45.3 Å². The van der Waals surface area contributed by atoms with Crippen LogP contribution >= 0.6 is 0 Å². The van der Waals surface area contributed by atoms with Gasteiger partial charge < -0.3 is 24.4 Å². The van der Waals surface area contributed by atoms with Crippen molar-refractivity contribution in [1.29, 1.82) is 0 Å². The van der Waals surface area contributed by atoms with Gasteiger partial charge in [0.05, 0.1) is 18.4 Å². The van der Waals surface area contributed by atoms with E-state index in [-0.39, 0.29) is 5.57 Å². The average molecular weight is 437 g/mol. The summed E-state index contributed by atoms with van der Waals surface area (Å²) in [6.07, 6.45) is 1.44. The maximum Gasteiger partial charge on any atom is 0.338 e. The Balaban J connectivity index is 2.64. The van der Waals surface area contributed by atoms with E-state index >= 15 is 0 Å². The fraction of sp³-hybridized carbons (Fsp3) is 0.609. The van der Waals surface area contributed by atoms with Gasteiger partial charge in [0.2, 0.25) is 0 Å². The molecule has 2 aliphatic rings. The molecule has 1 heterocycles. The molecule has 0 saturated carbocycles. The zero-order valence-corrected chi connectivity index (χ0v) is 18.7. The number of rotatable bonds is 5. The number of fused-ring (bicyclic) bond motifs is 1. The average Bonchev–Trinajstić information content (AvgIpc) is 2.93. The van der Waals surface area contributed by atoms with Gasteiger partial charge in [-0.1, -0.05) is 32.1 Å². The van der Waals surface area contributed by atoms with Crippen LogP contribution in [0.2, 0.25) is 0 Å². The van der Waals surface area contributed by atoms with E-state index in [1.54, 1.807) is 26.0 Å². The highest BCUT2D eigenvalue weighted by atomic mass is 16.6. The van der Waals surface area contributed by atoms with Gasteiger partial charge in [0.25, 0.3) is 0 Å². The van der Waals surface area contributed by atoms with Crippen molar-refractivity contribution in [2.45, 2.75) is 71.4 Å². The molecule has 31 heavy (non-hydrogen) atoms. The second-order valence-electron chi connectivity index (χ2n) is 8.85. The number of carbonyl (C=O) groups is 3. The van der Waals surface area contributed by atoms with E-state index in [1.807, 2.05) is 6.92 Å². The quantitative estimate of drug-likeness (QED) is 0.291. The van der Waals surface area contributed by atoms with E-state index in [2.05, 4.69) is 6.58 Å². The lowest BCUT2D eigenvalue weighted by atomic mass is 9.83. The van der Waals surface area contributed by atoms with Crippen molar-refractivity contribution in [2.75, 3.05) is 6.61 Å². The predicted octanol–water partition coefficient (Wildman–Crippen LogP) is 1.99. The van der Waals surface area contributed by atoms with E-state index in [9.17, 15) is 24.6 Å². The molecule has 2 rings (SSSR count). The lowest BCUT2D eigenvalue weighted by Gasteiger charge is -2.35. The number of carbonyl (C=O) groups excluding carboxylic acids is 3. The van der Waals surface area contributed by atoms with Crippen molar-refractivity contribution in [3.8, 4) is 0 Å². The SMILES string of the molecule is C=C1C(=O)O[C@@H]2/C=C(\C)CC/C=C(/CO)[C@H](OC(=O)C(C)(C)O)[C@@H](OC(=O)C(C)C)[C@H]12. The number of aliphatic hydroxyl groups excluding tert-OH is 1. The van der Waals surface area contributed by atoms with Crippen molar-refractivity contribution in [3.63, 3.8) is 0 Å². The van der Waals surface area contributed by atoms with Gasteiger partial charge in [-0.3, -0.25) is 4.79 Å². The largest absolute Gasteiger partial charge is 0.457 e. The molecule has 8 nitrogen and oxygen atoms in total. The van der Waals surface area contributed by atoms with E-state index in [1.165, 1.54) is 13.8 Å². The maximum absolute atomic E-state index is 12.6. The number of hydrogen-bond acceptors (Lipinski definition) is 8. The minimum Gasteiger partial charge on any atom is -0.457 e. The van der Waals surface area contributed by atoms with Crippen LogP contribution < -0.4 is 0 Å². The Labute approximate surface area is 182 Å². The Morgan fingerprint density at radius 3 is 2.52 bits per heavy atom. The highest BCUT2D eigenvalue weighted by Gasteiger charge is 2.50. The van der Waals surface area contributed by atoms with Crippen LogP contribution in [0.5, 0.6) is 0 Å². The van der Waals surface area contributed by atoms with Crippen LogP contribution in [0.3, 0.4) is 0 Å². The summed E-state index contributed by atoms with van der Waals surface area (Å²) in [4.78, 5) is 37.5. The molecule has 0 aromatic rings. The molecule has 8 heteroatoms. The summed E-state index contributed by atoms with van der Waals surface area (Å²) >= 11 is 0. The standard InChI is InChI=1S/C23H32O8/c1-12(2)20(25)30-19-17-14(4)21(26)29-16(17)10-13(3)8-7-9-15(11-24)18(19)31-22(27)23(5,6)28/h9-10,12,16-19,24,28H,4,7-8,11H2,1-3,5-6H3/b13-10+,15-9-/t16-,17-,18+,19+/m1/s1. The van der Waals surface area contributed by atoms with E-state index in [0.717, 1.165) is 5.57 Å². The molecule has 0 unspecified atom stereocenters. The summed E-state index contributed by atoms with van der Waals surface area (Å²) in [7, 11) is 0. The fourth-order valence-corrected chi connectivity index (χ4v) is 3.46. The zero-order valence-electron chi connectivity index (χ0n) is 18.7. The van der Waals surface area contributed by atoms with Gasteiger partial charge in [0, 0.05) is 5.57 Å². The number of ether oxygens (including phenoxy) is 3. The van der Waals surface area contributed by atoms with Crippen molar-refractivity contribution >= 4 is 17.9 Å². The van der Waals surface area contributed by atoms with Gasteiger partial charge >= 0.3 is 17.9 Å². The van der Waals surface area contributed by atoms with Crippen molar-refractivity contribution in [3.05, 3.63) is 35.5 Å². The third-order valence-electron chi connectivity index (χ3n) is 5.31. The lowest BCUT2D eigenvalue weighted by molar-refractivity contribution is -0.182. The highest BCUT2D eigenvalue weighted by molar-refractivity contribution is 5.91. The maximum atomic E-state index is 12.6. The first-order valence-electron chi connectivity index (χ1n) is 10.4. The molecule has 1 aliphatic heterocycles. The molecule has 2 N–H and O–H groups in total. The Hall–Kier alpha value is -2.45. The molecular weight excluding hydrogens is 404 g/mol. The molecule has 1 aliphatic carbocycles. The lowest BCUT2D eigenvalue weighted by Crippen LogP contribution is -2.48. The second kappa shape index (κ2) is 9.78. The molecule has 0 bridgehead atoms. The van der Waals surface area contributed by atoms with Gasteiger partial charge in [0.15, 0.2) is 17.8 Å². The summed E-state index contributed by atoms with van der Waals surface area (Å²) in [5.74, 6) is -3.50. The third-order valence-corrected chi connectivity index (χ3v) is 5.31. The normalized spacial score (nSPS) is 30.5. The highest BCUT2D eigenvalue weighted by Crippen LogP contribution is 2.38.